The Hall–Kier alpha value is -3.00. The number of hydrogen-bond donors (Lipinski definition) is 1. The molecular weight excluding hydrogens is 397 g/mol. The molecule has 0 unspecified atom stereocenters. The number of rotatable bonds is 8. The van der Waals surface area contributed by atoms with Crippen molar-refractivity contribution in [2.45, 2.75) is 13.5 Å². The molecule has 10 heteroatoms. The Morgan fingerprint density at radius 3 is 2.48 bits per heavy atom. The van der Waals surface area contributed by atoms with E-state index in [0.717, 1.165) is 11.1 Å². The van der Waals surface area contributed by atoms with E-state index in [1.807, 2.05) is 31.2 Å². The number of nitro benzene ring substituents is 1. The summed E-state index contributed by atoms with van der Waals surface area (Å²) in [5, 5.41) is 14.1. The highest BCUT2D eigenvalue weighted by molar-refractivity contribution is 7.62. The highest BCUT2D eigenvalue weighted by Crippen LogP contribution is 2.47. The van der Waals surface area contributed by atoms with E-state index in [1.165, 1.54) is 32.4 Å². The molecule has 3 rings (SSSR count). The molecule has 29 heavy (non-hydrogen) atoms. The third kappa shape index (κ3) is 4.54. The fourth-order valence-corrected chi connectivity index (χ4v) is 3.71. The second-order valence-electron chi connectivity index (χ2n) is 6.18. The van der Waals surface area contributed by atoms with Crippen molar-refractivity contribution >= 4 is 24.6 Å². The number of nitrogens with one attached hydrogen (secondary N) is 1. The second kappa shape index (κ2) is 8.57. The number of aromatic nitrogens is 1. The molecule has 0 saturated heterocycles. The number of anilines is 1. The van der Waals surface area contributed by atoms with Gasteiger partial charge in [-0.2, -0.15) is 4.98 Å². The van der Waals surface area contributed by atoms with Gasteiger partial charge in [-0.15, -0.1) is 0 Å². The zero-order chi connectivity index (χ0) is 21.0. The topological polar surface area (TPSA) is 117 Å². The number of aryl methyl sites for hydroxylation is 1. The fraction of sp³-hybridized carbons (Fsp3) is 0.211. The van der Waals surface area contributed by atoms with Crippen LogP contribution in [-0.2, 0) is 20.2 Å². The summed E-state index contributed by atoms with van der Waals surface area (Å²) in [5.41, 5.74) is 2.32. The summed E-state index contributed by atoms with van der Waals surface area (Å²) in [6.07, 6.45) is 0. The molecule has 3 aromatic rings. The molecule has 1 N–H and O–H groups in total. The standard InChI is InChI=1S/C19H20N3O6P/c1-13-7-9-14(10-8-13)12-20-18-19(29(25,26-2)27-3)21-17(28-18)15-5-4-6-16(11-15)22(23)24/h4-11,20H,12H2,1-3H3. The summed E-state index contributed by atoms with van der Waals surface area (Å²) < 4.78 is 28.8. The number of nitro groups is 1. The lowest BCUT2D eigenvalue weighted by molar-refractivity contribution is -0.384. The number of nitrogens with zero attached hydrogens (tertiary/aromatic N) is 2. The molecule has 0 spiro atoms. The van der Waals surface area contributed by atoms with Crippen LogP contribution in [0.5, 0.6) is 0 Å². The molecule has 0 amide bonds. The molecule has 152 valence electrons. The van der Waals surface area contributed by atoms with Gasteiger partial charge in [0.25, 0.3) is 5.69 Å². The molecule has 0 aliphatic carbocycles. The van der Waals surface area contributed by atoms with Crippen LogP contribution in [0.1, 0.15) is 11.1 Å². The van der Waals surface area contributed by atoms with E-state index in [4.69, 9.17) is 13.5 Å². The lowest BCUT2D eigenvalue weighted by atomic mass is 10.1. The van der Waals surface area contributed by atoms with Crippen LogP contribution in [-0.4, -0.2) is 24.1 Å². The van der Waals surface area contributed by atoms with Gasteiger partial charge in [0, 0.05) is 38.5 Å². The minimum Gasteiger partial charge on any atom is -0.420 e. The monoisotopic (exact) mass is 417 g/mol. The Morgan fingerprint density at radius 2 is 1.86 bits per heavy atom. The van der Waals surface area contributed by atoms with E-state index >= 15 is 0 Å². The quantitative estimate of drug-likeness (QED) is 0.328. The maximum Gasteiger partial charge on any atom is 0.384 e. The summed E-state index contributed by atoms with van der Waals surface area (Å²) in [6, 6.07) is 13.7. The molecule has 2 aromatic carbocycles. The predicted octanol–water partition coefficient (Wildman–Crippen LogP) is 4.28. The highest BCUT2D eigenvalue weighted by atomic mass is 31.2. The predicted molar refractivity (Wildman–Crippen MR) is 108 cm³/mol. The maximum atomic E-state index is 12.9. The van der Waals surface area contributed by atoms with Gasteiger partial charge in [-0.1, -0.05) is 35.9 Å². The molecule has 0 saturated carbocycles. The van der Waals surface area contributed by atoms with E-state index in [2.05, 4.69) is 10.3 Å². The summed E-state index contributed by atoms with van der Waals surface area (Å²) >= 11 is 0. The normalized spacial score (nSPS) is 11.4. The van der Waals surface area contributed by atoms with Crippen LogP contribution in [0.15, 0.2) is 52.9 Å². The van der Waals surface area contributed by atoms with Gasteiger partial charge in [0.1, 0.15) is 0 Å². The minimum atomic E-state index is -3.73. The van der Waals surface area contributed by atoms with Gasteiger partial charge >= 0.3 is 7.60 Å². The molecule has 0 radical (unpaired) electrons. The van der Waals surface area contributed by atoms with Crippen molar-refractivity contribution < 1.29 is 23.0 Å². The maximum absolute atomic E-state index is 12.9. The van der Waals surface area contributed by atoms with Crippen molar-refractivity contribution in [1.29, 1.82) is 0 Å². The Morgan fingerprint density at radius 1 is 1.17 bits per heavy atom. The van der Waals surface area contributed by atoms with Crippen LogP contribution in [0, 0.1) is 17.0 Å². The van der Waals surface area contributed by atoms with Crippen molar-refractivity contribution in [3.05, 3.63) is 69.8 Å². The van der Waals surface area contributed by atoms with Gasteiger partial charge in [0.2, 0.25) is 17.2 Å². The van der Waals surface area contributed by atoms with Gasteiger partial charge < -0.3 is 18.8 Å². The van der Waals surface area contributed by atoms with Gasteiger partial charge in [-0.05, 0) is 18.6 Å². The largest absolute Gasteiger partial charge is 0.420 e. The smallest absolute Gasteiger partial charge is 0.384 e. The van der Waals surface area contributed by atoms with Crippen LogP contribution >= 0.6 is 7.60 Å². The van der Waals surface area contributed by atoms with Crippen molar-refractivity contribution in [3.8, 4) is 11.5 Å². The first-order valence-corrected chi connectivity index (χ1v) is 10.2. The van der Waals surface area contributed by atoms with Gasteiger partial charge in [-0.25, -0.2) is 0 Å². The van der Waals surface area contributed by atoms with Crippen molar-refractivity contribution in [2.75, 3.05) is 19.5 Å². The molecule has 0 aliphatic rings. The summed E-state index contributed by atoms with van der Waals surface area (Å²) in [5.74, 6) is 0.170. The SMILES string of the molecule is COP(=O)(OC)c1nc(-c2cccc([N+](=O)[O-])c2)oc1NCc1ccc(C)cc1. The van der Waals surface area contributed by atoms with Crippen molar-refractivity contribution in [3.63, 3.8) is 0 Å². The Balaban J connectivity index is 1.99. The molecule has 0 aliphatic heterocycles. The molecule has 9 nitrogen and oxygen atoms in total. The number of oxazole rings is 1. The van der Waals surface area contributed by atoms with Crippen LogP contribution in [0.25, 0.3) is 11.5 Å². The Bertz CT molecular complexity index is 1060. The fourth-order valence-electron chi connectivity index (χ4n) is 2.62. The van der Waals surface area contributed by atoms with Gasteiger partial charge in [-0.3, -0.25) is 14.7 Å². The van der Waals surface area contributed by atoms with Gasteiger partial charge in [0.15, 0.2) is 0 Å². The third-order valence-electron chi connectivity index (χ3n) is 4.23. The molecule has 0 fully saturated rings. The summed E-state index contributed by atoms with van der Waals surface area (Å²) in [7, 11) is -1.24. The van der Waals surface area contributed by atoms with Crippen LogP contribution in [0.3, 0.4) is 0 Å². The minimum absolute atomic E-state index is 0.0314. The summed E-state index contributed by atoms with van der Waals surface area (Å²) in [6.45, 7) is 2.37. The van der Waals surface area contributed by atoms with E-state index in [9.17, 15) is 14.7 Å². The lowest BCUT2D eigenvalue weighted by Gasteiger charge is -2.12. The Kier molecular flexibility index (Phi) is 6.12. The van der Waals surface area contributed by atoms with Gasteiger partial charge in [0.05, 0.1) is 4.92 Å². The van der Waals surface area contributed by atoms with Crippen molar-refractivity contribution in [2.24, 2.45) is 0 Å². The zero-order valence-electron chi connectivity index (χ0n) is 16.1. The molecule has 1 aromatic heterocycles. The number of hydrogen-bond acceptors (Lipinski definition) is 8. The average Bonchev–Trinajstić information content (AvgIpc) is 3.18. The third-order valence-corrected chi connectivity index (χ3v) is 6.01. The average molecular weight is 417 g/mol. The number of benzene rings is 2. The zero-order valence-corrected chi connectivity index (χ0v) is 17.0. The first kappa shape index (κ1) is 20.7. The first-order chi connectivity index (χ1) is 13.9. The lowest BCUT2D eigenvalue weighted by Crippen LogP contribution is -2.14. The molecular formula is C19H20N3O6P. The van der Waals surface area contributed by atoms with Crippen LogP contribution in [0.2, 0.25) is 0 Å². The van der Waals surface area contributed by atoms with Crippen LogP contribution in [0.4, 0.5) is 11.6 Å². The molecule has 1 heterocycles. The highest BCUT2D eigenvalue weighted by Gasteiger charge is 2.34. The van der Waals surface area contributed by atoms with Crippen molar-refractivity contribution in [1.82, 2.24) is 4.98 Å². The van der Waals surface area contributed by atoms with E-state index in [1.54, 1.807) is 6.07 Å². The van der Waals surface area contributed by atoms with E-state index in [0.29, 0.717) is 12.1 Å². The first-order valence-electron chi connectivity index (χ1n) is 8.63. The van der Waals surface area contributed by atoms with E-state index < -0.39 is 12.5 Å². The molecule has 0 bridgehead atoms. The summed E-state index contributed by atoms with van der Waals surface area (Å²) in [4.78, 5) is 14.8. The van der Waals surface area contributed by atoms with Crippen LogP contribution < -0.4 is 10.8 Å². The number of non-ortho nitro benzene ring substituents is 1. The second-order valence-corrected chi connectivity index (χ2v) is 8.33. The molecule has 0 atom stereocenters. The van der Waals surface area contributed by atoms with E-state index in [-0.39, 0.29) is 22.9 Å². The Labute approximate surface area is 167 Å².